The average Bonchev–Trinajstić information content (AvgIpc) is 3.47. The molecule has 1 saturated carbocycles. The van der Waals surface area contributed by atoms with Crippen molar-refractivity contribution < 1.29 is 14.6 Å². The van der Waals surface area contributed by atoms with Gasteiger partial charge >= 0.3 is 0 Å². The highest BCUT2D eigenvalue weighted by Gasteiger charge is 2.36. The summed E-state index contributed by atoms with van der Waals surface area (Å²) in [4.78, 5) is 6.06. The molecule has 4 aromatic rings. The van der Waals surface area contributed by atoms with E-state index in [2.05, 4.69) is 26.6 Å². The molecule has 2 fully saturated rings. The van der Waals surface area contributed by atoms with Gasteiger partial charge in [-0.1, -0.05) is 43.0 Å². The van der Waals surface area contributed by atoms with E-state index < -0.39 is 0 Å². The number of hydrogen-bond acceptors (Lipinski definition) is 5. The minimum atomic E-state index is -0.185. The molecule has 2 aromatic carbocycles. The summed E-state index contributed by atoms with van der Waals surface area (Å²) in [6, 6.07) is 14.4. The van der Waals surface area contributed by atoms with Crippen LogP contribution < -0.4 is 4.74 Å². The first-order valence-corrected chi connectivity index (χ1v) is 15.2. The Hall–Kier alpha value is -2.78. The van der Waals surface area contributed by atoms with Crippen LogP contribution in [0.5, 0.6) is 11.6 Å². The Kier molecular flexibility index (Phi) is 7.12. The van der Waals surface area contributed by atoms with Gasteiger partial charge in [0.15, 0.2) is 4.77 Å². The van der Waals surface area contributed by atoms with Gasteiger partial charge in [-0.2, -0.15) is 0 Å². The van der Waals surface area contributed by atoms with E-state index in [1.165, 1.54) is 24.8 Å². The molecule has 4 heterocycles. The Balaban J connectivity index is 1.26. The highest BCUT2D eigenvalue weighted by molar-refractivity contribution is 7.71. The van der Waals surface area contributed by atoms with Crippen molar-refractivity contribution in [2.75, 3.05) is 39.5 Å². The van der Waals surface area contributed by atoms with E-state index in [4.69, 9.17) is 33.3 Å². The average molecular weight is 579 g/mol. The molecule has 2 N–H and O–H groups in total. The van der Waals surface area contributed by atoms with E-state index >= 15 is 0 Å². The number of halogens is 1. The Labute approximate surface area is 244 Å². The summed E-state index contributed by atoms with van der Waals surface area (Å²) in [5.41, 5.74) is 5.28. The molecule has 210 valence electrons. The fraction of sp³-hybridized carbons (Fsp3) is 0.452. The van der Waals surface area contributed by atoms with Gasteiger partial charge in [-0.15, -0.1) is 0 Å². The lowest BCUT2D eigenvalue weighted by atomic mass is 9.93. The molecule has 2 aliphatic heterocycles. The first kappa shape index (κ1) is 26.1. The van der Waals surface area contributed by atoms with Gasteiger partial charge in [-0.3, -0.25) is 9.47 Å². The van der Waals surface area contributed by atoms with E-state index in [1.807, 2.05) is 34.9 Å². The number of aromatic hydroxyl groups is 1. The number of ether oxygens (including phenoxy) is 2. The van der Waals surface area contributed by atoms with E-state index in [-0.39, 0.29) is 12.1 Å². The van der Waals surface area contributed by atoms with Gasteiger partial charge in [0.2, 0.25) is 5.88 Å². The monoisotopic (exact) mass is 578 g/mol. The second-order valence-electron chi connectivity index (χ2n) is 11.2. The van der Waals surface area contributed by atoms with Crippen LogP contribution in [0.1, 0.15) is 66.7 Å². The second kappa shape index (κ2) is 10.9. The van der Waals surface area contributed by atoms with Crippen molar-refractivity contribution in [3.05, 3.63) is 74.8 Å². The number of H-pyrrole nitrogens is 1. The molecule has 2 aromatic heterocycles. The van der Waals surface area contributed by atoms with Gasteiger partial charge in [0.25, 0.3) is 0 Å². The molecule has 1 unspecified atom stereocenters. The summed E-state index contributed by atoms with van der Waals surface area (Å²) >= 11 is 12.6. The molecule has 1 aliphatic carbocycles. The maximum absolute atomic E-state index is 11.6. The van der Waals surface area contributed by atoms with Crippen molar-refractivity contribution in [2.45, 2.75) is 50.6 Å². The predicted octanol–water partition coefficient (Wildman–Crippen LogP) is 6.62. The molecule has 0 radical (unpaired) electrons. The van der Waals surface area contributed by atoms with Crippen molar-refractivity contribution in [3.63, 3.8) is 0 Å². The number of hydrogen-bond donors (Lipinski definition) is 2. The Morgan fingerprint density at radius 2 is 1.80 bits per heavy atom. The fourth-order valence-corrected chi connectivity index (χ4v) is 7.43. The minimum Gasteiger partial charge on any atom is -0.493 e. The lowest BCUT2D eigenvalue weighted by Gasteiger charge is -2.27. The number of morpholine rings is 1. The molecule has 7 rings (SSSR count). The van der Waals surface area contributed by atoms with Crippen LogP contribution in [0, 0.1) is 4.77 Å². The molecular weight excluding hydrogens is 544 g/mol. The number of nitrogens with one attached hydrogen (secondary N) is 1. The summed E-state index contributed by atoms with van der Waals surface area (Å²) < 4.78 is 16.4. The zero-order valence-electron chi connectivity index (χ0n) is 22.6. The first-order chi connectivity index (χ1) is 19.6. The topological polar surface area (TPSA) is 67.6 Å². The zero-order valence-corrected chi connectivity index (χ0v) is 24.1. The summed E-state index contributed by atoms with van der Waals surface area (Å²) in [6.07, 6.45) is 6.30. The summed E-state index contributed by atoms with van der Waals surface area (Å²) in [7, 11) is 0. The third-order valence-corrected chi connectivity index (χ3v) is 9.51. The fourth-order valence-electron chi connectivity index (χ4n) is 6.81. The smallest absolute Gasteiger partial charge is 0.214 e. The molecule has 40 heavy (non-hydrogen) atoms. The number of fused-ring (bicyclic) bond motifs is 4. The highest BCUT2D eigenvalue weighted by Crippen LogP contribution is 2.45. The number of imidazole rings is 1. The maximum Gasteiger partial charge on any atom is 0.214 e. The van der Waals surface area contributed by atoms with Crippen LogP contribution in [0.2, 0.25) is 5.02 Å². The molecule has 9 heteroatoms. The van der Waals surface area contributed by atoms with E-state index in [0.717, 1.165) is 79.3 Å². The Bertz CT molecular complexity index is 1580. The summed E-state index contributed by atoms with van der Waals surface area (Å²) in [6.45, 7) is 5.03. The normalized spacial score (nSPS) is 20.0. The van der Waals surface area contributed by atoms with Gasteiger partial charge in [0.1, 0.15) is 18.4 Å². The zero-order chi connectivity index (χ0) is 27.2. The number of benzene rings is 2. The summed E-state index contributed by atoms with van der Waals surface area (Å²) in [5, 5.41) is 13.4. The largest absolute Gasteiger partial charge is 0.493 e. The summed E-state index contributed by atoms with van der Waals surface area (Å²) in [5.74, 6) is 1.16. The number of aromatic nitrogens is 3. The van der Waals surface area contributed by atoms with Gasteiger partial charge in [-0.05, 0) is 66.5 Å². The van der Waals surface area contributed by atoms with Crippen molar-refractivity contribution in [1.82, 2.24) is 19.0 Å². The van der Waals surface area contributed by atoms with Crippen LogP contribution in [0.3, 0.4) is 0 Å². The third-order valence-electron chi connectivity index (χ3n) is 8.88. The molecular formula is C31H35ClN4O3S. The molecule has 1 atom stereocenters. The van der Waals surface area contributed by atoms with Crippen molar-refractivity contribution in [3.8, 4) is 11.6 Å². The molecule has 0 bridgehead atoms. The van der Waals surface area contributed by atoms with E-state index in [9.17, 15) is 5.11 Å². The standard InChI is InChI=1S/C31H35ClN4O3S/c32-21-8-11-26-24(18-21)25-19-27-30(37)35(22-4-2-1-3-5-22)31(40)36(27)29(28(25)33-26)20-6-9-23(10-7-20)39-17-14-34-12-15-38-16-13-34/h6-11,18,22,29,33,37H,1-5,12-17,19H2. The molecule has 0 amide bonds. The van der Waals surface area contributed by atoms with Crippen LogP contribution in [0.15, 0.2) is 42.5 Å². The predicted molar refractivity (Wildman–Crippen MR) is 160 cm³/mol. The van der Waals surface area contributed by atoms with Crippen LogP contribution in [-0.2, 0) is 11.2 Å². The molecule has 1 saturated heterocycles. The third kappa shape index (κ3) is 4.65. The van der Waals surface area contributed by atoms with E-state index in [1.54, 1.807) is 0 Å². The molecule has 0 spiro atoms. The van der Waals surface area contributed by atoms with Crippen molar-refractivity contribution in [2.24, 2.45) is 0 Å². The van der Waals surface area contributed by atoms with Crippen LogP contribution >= 0.6 is 23.8 Å². The minimum absolute atomic E-state index is 0.185. The number of rotatable bonds is 6. The maximum atomic E-state index is 11.6. The lowest BCUT2D eigenvalue weighted by Crippen LogP contribution is -2.38. The quantitative estimate of drug-likeness (QED) is 0.222. The van der Waals surface area contributed by atoms with Crippen molar-refractivity contribution in [1.29, 1.82) is 0 Å². The highest BCUT2D eigenvalue weighted by atomic mass is 35.5. The van der Waals surface area contributed by atoms with Crippen molar-refractivity contribution >= 4 is 34.7 Å². The Morgan fingerprint density at radius 3 is 2.58 bits per heavy atom. The number of aromatic amines is 1. The van der Waals surface area contributed by atoms with Crippen LogP contribution in [-0.4, -0.2) is 63.6 Å². The van der Waals surface area contributed by atoms with Gasteiger partial charge in [0, 0.05) is 53.7 Å². The van der Waals surface area contributed by atoms with Gasteiger partial charge < -0.3 is 24.1 Å². The first-order valence-electron chi connectivity index (χ1n) is 14.5. The Morgan fingerprint density at radius 1 is 1.02 bits per heavy atom. The molecule has 7 nitrogen and oxygen atoms in total. The van der Waals surface area contributed by atoms with Crippen LogP contribution in [0.25, 0.3) is 10.9 Å². The SMILES string of the molecule is Oc1c2n(c(=S)n1C1CCCCC1)C(c1ccc(OCCN3CCOCC3)cc1)c1[nH]c3ccc(Cl)cc3c1C2. The van der Waals surface area contributed by atoms with Gasteiger partial charge in [0.05, 0.1) is 18.9 Å². The lowest BCUT2D eigenvalue weighted by molar-refractivity contribution is 0.0322. The van der Waals surface area contributed by atoms with E-state index in [0.29, 0.717) is 28.7 Å². The second-order valence-corrected chi connectivity index (χ2v) is 12.0. The van der Waals surface area contributed by atoms with Crippen LogP contribution in [0.4, 0.5) is 0 Å². The number of nitrogens with zero attached hydrogens (tertiary/aromatic N) is 3. The molecule has 3 aliphatic rings. The van der Waals surface area contributed by atoms with Gasteiger partial charge in [-0.25, -0.2) is 0 Å².